The number of ether oxygens (including phenoxy) is 3. The Labute approximate surface area is 194 Å². The molecule has 1 saturated heterocycles. The third kappa shape index (κ3) is 4.74. The van der Waals surface area contributed by atoms with Crippen LogP contribution in [0, 0.1) is 35.0 Å². The molecule has 4 aliphatic carbocycles. The average Bonchev–Trinajstić information content (AvgIpc) is 2.70. The van der Waals surface area contributed by atoms with Crippen molar-refractivity contribution in [2.45, 2.75) is 117 Å². The Balaban J connectivity index is 1.35. The van der Waals surface area contributed by atoms with Crippen LogP contribution in [-0.4, -0.2) is 29.9 Å². The summed E-state index contributed by atoms with van der Waals surface area (Å²) in [7, 11) is 0. The van der Waals surface area contributed by atoms with E-state index in [1.807, 2.05) is 20.8 Å². The van der Waals surface area contributed by atoms with E-state index in [0.717, 1.165) is 37.0 Å². The smallest absolute Gasteiger partial charge is 0.311 e. The molecule has 5 fully saturated rings. The lowest BCUT2D eigenvalue weighted by molar-refractivity contribution is -0.240. The highest BCUT2D eigenvalue weighted by Crippen LogP contribution is 2.64. The second kappa shape index (κ2) is 8.92. The van der Waals surface area contributed by atoms with Crippen LogP contribution in [0.1, 0.15) is 105 Å². The van der Waals surface area contributed by atoms with Gasteiger partial charge in [0.1, 0.15) is 5.60 Å². The van der Waals surface area contributed by atoms with Gasteiger partial charge in [-0.25, -0.2) is 0 Å². The van der Waals surface area contributed by atoms with Gasteiger partial charge in [-0.3, -0.25) is 9.59 Å². The molecule has 0 N–H and O–H groups in total. The zero-order valence-corrected chi connectivity index (χ0v) is 20.9. The van der Waals surface area contributed by atoms with Gasteiger partial charge in [-0.2, -0.15) is 0 Å². The predicted molar refractivity (Wildman–Crippen MR) is 123 cm³/mol. The molecule has 0 radical (unpaired) electrons. The molecule has 3 unspecified atom stereocenters. The third-order valence-electron chi connectivity index (χ3n) is 9.29. The van der Waals surface area contributed by atoms with Crippen LogP contribution < -0.4 is 0 Å². The van der Waals surface area contributed by atoms with Gasteiger partial charge < -0.3 is 14.2 Å². The van der Waals surface area contributed by atoms with Crippen LogP contribution in [0.3, 0.4) is 0 Å². The molecule has 0 aromatic heterocycles. The van der Waals surface area contributed by atoms with Crippen LogP contribution in [0.2, 0.25) is 0 Å². The number of hydrogen-bond acceptors (Lipinski definition) is 5. The highest BCUT2D eigenvalue weighted by atomic mass is 16.7. The molecule has 1 aliphatic heterocycles. The van der Waals surface area contributed by atoms with Crippen LogP contribution >= 0.6 is 0 Å². The number of carbonyl (C=O) groups is 2. The molecule has 0 aromatic carbocycles. The van der Waals surface area contributed by atoms with Crippen molar-refractivity contribution in [2.75, 3.05) is 6.61 Å². The van der Waals surface area contributed by atoms with Crippen molar-refractivity contribution < 1.29 is 23.8 Å². The molecule has 0 spiro atoms. The molecule has 4 saturated carbocycles. The van der Waals surface area contributed by atoms with Gasteiger partial charge in [0.15, 0.2) is 0 Å². The molecule has 3 atom stereocenters. The minimum atomic E-state index is -0.827. The molecule has 4 bridgehead atoms. The molecular formula is C27H44O5. The maximum absolute atomic E-state index is 13.3. The van der Waals surface area contributed by atoms with Gasteiger partial charge in [0.25, 0.3) is 0 Å². The zero-order chi connectivity index (χ0) is 23.1. The van der Waals surface area contributed by atoms with Gasteiger partial charge in [0.05, 0.1) is 18.4 Å². The predicted octanol–water partition coefficient (Wildman–Crippen LogP) is 6.04. The molecule has 0 aromatic rings. The Kier molecular flexibility index (Phi) is 6.70. The monoisotopic (exact) mass is 448 g/mol. The lowest BCUT2D eigenvalue weighted by Gasteiger charge is -2.61. The van der Waals surface area contributed by atoms with E-state index in [1.165, 1.54) is 38.5 Å². The summed E-state index contributed by atoms with van der Waals surface area (Å²) in [5, 5.41) is 0. The Morgan fingerprint density at radius 3 is 2.12 bits per heavy atom. The van der Waals surface area contributed by atoms with Gasteiger partial charge in [0, 0.05) is 18.8 Å². The molecule has 5 rings (SSSR count). The van der Waals surface area contributed by atoms with Crippen LogP contribution in [0.5, 0.6) is 0 Å². The van der Waals surface area contributed by atoms with Crippen molar-refractivity contribution >= 4 is 11.9 Å². The topological polar surface area (TPSA) is 61.8 Å². The second-order valence-corrected chi connectivity index (χ2v) is 12.2. The maximum atomic E-state index is 13.3. The second-order valence-electron chi connectivity index (χ2n) is 12.2. The van der Waals surface area contributed by atoms with E-state index in [4.69, 9.17) is 14.2 Å². The Morgan fingerprint density at radius 1 is 1.03 bits per heavy atom. The summed E-state index contributed by atoms with van der Waals surface area (Å²) in [5.41, 5.74) is -0.326. The summed E-state index contributed by atoms with van der Waals surface area (Å²) >= 11 is 0. The van der Waals surface area contributed by atoms with E-state index in [2.05, 4.69) is 13.8 Å². The van der Waals surface area contributed by atoms with E-state index in [9.17, 15) is 9.59 Å². The first-order chi connectivity index (χ1) is 15.0. The Hall–Kier alpha value is -1.10. The average molecular weight is 449 g/mol. The summed E-state index contributed by atoms with van der Waals surface area (Å²) in [4.78, 5) is 26.0. The Bertz CT molecular complexity index is 670. The maximum Gasteiger partial charge on any atom is 0.311 e. The summed E-state index contributed by atoms with van der Waals surface area (Å²) in [6, 6.07) is 0. The molecule has 5 aliphatic rings. The first-order valence-corrected chi connectivity index (χ1v) is 13.1. The van der Waals surface area contributed by atoms with Crippen LogP contribution in [-0.2, 0) is 23.8 Å². The van der Waals surface area contributed by atoms with Crippen molar-refractivity contribution in [3.63, 3.8) is 0 Å². The summed E-state index contributed by atoms with van der Waals surface area (Å²) in [6.07, 6.45) is 11.6. The minimum Gasteiger partial charge on any atom is -0.459 e. The van der Waals surface area contributed by atoms with Crippen molar-refractivity contribution in [2.24, 2.45) is 35.0 Å². The lowest BCUT2D eigenvalue weighted by atomic mass is 9.46. The van der Waals surface area contributed by atoms with E-state index >= 15 is 0 Å². The van der Waals surface area contributed by atoms with Gasteiger partial charge in [-0.1, -0.05) is 13.8 Å². The highest BCUT2D eigenvalue weighted by molar-refractivity contribution is 5.76. The first-order valence-electron chi connectivity index (χ1n) is 13.1. The van der Waals surface area contributed by atoms with Crippen LogP contribution in [0.15, 0.2) is 0 Å². The molecule has 32 heavy (non-hydrogen) atoms. The zero-order valence-electron chi connectivity index (χ0n) is 20.9. The fourth-order valence-corrected chi connectivity index (χ4v) is 7.55. The van der Waals surface area contributed by atoms with Gasteiger partial charge >= 0.3 is 11.9 Å². The van der Waals surface area contributed by atoms with Crippen LogP contribution in [0.4, 0.5) is 0 Å². The fourth-order valence-electron chi connectivity index (χ4n) is 7.55. The van der Waals surface area contributed by atoms with E-state index in [-0.39, 0.29) is 29.2 Å². The minimum absolute atomic E-state index is 0.132. The normalized spacial score (nSPS) is 38.2. The van der Waals surface area contributed by atoms with Gasteiger partial charge in [-0.05, 0) is 95.8 Å². The molecule has 182 valence electrons. The summed E-state index contributed by atoms with van der Waals surface area (Å²) < 4.78 is 17.7. The molecule has 5 heteroatoms. The quantitative estimate of drug-likeness (QED) is 0.424. The van der Waals surface area contributed by atoms with Crippen molar-refractivity contribution in [1.82, 2.24) is 0 Å². The van der Waals surface area contributed by atoms with Crippen molar-refractivity contribution in [3.05, 3.63) is 0 Å². The molecule has 5 nitrogen and oxygen atoms in total. The number of rotatable bonds is 8. The van der Waals surface area contributed by atoms with E-state index in [1.54, 1.807) is 0 Å². The standard InChI is InChI=1S/C27H44O5/c1-6-22(11-18(2)23(28)32-26(5)9-7-8-10-30-26)24(29)31-25(3,4)27-15-19-12-20(16-27)14-21(13-19)17-27/h18-22H,6-17H2,1-5H3. The number of hydrogen-bond donors (Lipinski definition) is 0. The summed E-state index contributed by atoms with van der Waals surface area (Å²) in [6.45, 7) is 10.6. The number of carbonyl (C=O) groups excluding carboxylic acids is 2. The Morgan fingerprint density at radius 2 is 1.62 bits per heavy atom. The van der Waals surface area contributed by atoms with Crippen LogP contribution in [0.25, 0.3) is 0 Å². The molecule has 1 heterocycles. The first kappa shape index (κ1) is 24.0. The number of esters is 2. The third-order valence-corrected chi connectivity index (χ3v) is 9.29. The molecular weight excluding hydrogens is 404 g/mol. The van der Waals surface area contributed by atoms with Gasteiger partial charge in [0.2, 0.25) is 5.79 Å². The van der Waals surface area contributed by atoms with E-state index < -0.39 is 11.4 Å². The molecule has 0 amide bonds. The van der Waals surface area contributed by atoms with Gasteiger partial charge in [-0.15, -0.1) is 0 Å². The fraction of sp³-hybridized carbons (Fsp3) is 0.926. The largest absolute Gasteiger partial charge is 0.459 e. The lowest BCUT2D eigenvalue weighted by Crippen LogP contribution is -2.57. The van der Waals surface area contributed by atoms with Crippen molar-refractivity contribution in [3.8, 4) is 0 Å². The summed E-state index contributed by atoms with van der Waals surface area (Å²) in [5.74, 6) is 0.558. The van der Waals surface area contributed by atoms with Crippen molar-refractivity contribution in [1.29, 1.82) is 0 Å². The highest BCUT2D eigenvalue weighted by Gasteiger charge is 2.59. The SMILES string of the molecule is CCC(CC(C)C(=O)OC1(C)CCCCO1)C(=O)OC(C)(C)C12CC3CC(CC(C3)C1)C2. The van der Waals surface area contributed by atoms with E-state index in [0.29, 0.717) is 19.4 Å².